The van der Waals surface area contributed by atoms with Crippen LogP contribution < -0.4 is 15.8 Å². The highest BCUT2D eigenvalue weighted by Gasteiger charge is 2.16. The molecule has 2 heterocycles. The van der Waals surface area contributed by atoms with Gasteiger partial charge in [0.25, 0.3) is 11.5 Å². The minimum absolute atomic E-state index is 0.123. The largest absolute Gasteiger partial charge is 0.357 e. The summed E-state index contributed by atoms with van der Waals surface area (Å²) in [7, 11) is 0. The maximum atomic E-state index is 13.1. The van der Waals surface area contributed by atoms with Gasteiger partial charge in [-0.05, 0) is 56.2 Å². The van der Waals surface area contributed by atoms with Crippen molar-refractivity contribution in [3.63, 3.8) is 0 Å². The standard InChI is InChI=1S/C27H29N5O2/c1-4-31(5-2)25-23-16-20(13-14-24(23)29-18-30-25)17-28-26(33)22-12-9-15-32(27(22)34)19(3)21-10-7-6-8-11-21/h6-16,18-19H,4-5,17H2,1-3H3,(H,28,33)/t19-/m0/s1. The predicted octanol–water partition coefficient (Wildman–Crippen LogP) is 4.18. The Kier molecular flexibility index (Phi) is 7.01. The van der Waals surface area contributed by atoms with E-state index in [-0.39, 0.29) is 17.2 Å². The van der Waals surface area contributed by atoms with Gasteiger partial charge in [-0.2, -0.15) is 0 Å². The molecule has 174 valence electrons. The van der Waals surface area contributed by atoms with Crippen LogP contribution in [0, 0.1) is 0 Å². The van der Waals surface area contributed by atoms with E-state index in [2.05, 4.69) is 34.0 Å². The second-order valence-corrected chi connectivity index (χ2v) is 8.12. The van der Waals surface area contributed by atoms with Gasteiger partial charge in [0, 0.05) is 31.2 Å². The van der Waals surface area contributed by atoms with Crippen LogP contribution in [0.15, 0.2) is 78.0 Å². The lowest BCUT2D eigenvalue weighted by molar-refractivity contribution is 0.0948. The van der Waals surface area contributed by atoms with E-state index in [1.54, 1.807) is 29.2 Å². The van der Waals surface area contributed by atoms with Gasteiger partial charge in [0.1, 0.15) is 17.7 Å². The van der Waals surface area contributed by atoms with E-state index in [1.807, 2.05) is 55.5 Å². The van der Waals surface area contributed by atoms with Crippen molar-refractivity contribution in [2.45, 2.75) is 33.4 Å². The fourth-order valence-corrected chi connectivity index (χ4v) is 4.13. The molecule has 0 aliphatic rings. The zero-order valence-corrected chi connectivity index (χ0v) is 19.7. The zero-order chi connectivity index (χ0) is 24.1. The Hall–Kier alpha value is -4.00. The Balaban J connectivity index is 1.55. The maximum Gasteiger partial charge on any atom is 0.263 e. The number of hydrogen-bond acceptors (Lipinski definition) is 5. The molecule has 4 rings (SSSR count). The lowest BCUT2D eigenvalue weighted by atomic mass is 10.1. The molecule has 0 unspecified atom stereocenters. The summed E-state index contributed by atoms with van der Waals surface area (Å²) in [5.41, 5.74) is 2.58. The summed E-state index contributed by atoms with van der Waals surface area (Å²) in [4.78, 5) is 37.0. The molecule has 0 aliphatic carbocycles. The Morgan fingerprint density at radius 1 is 1.03 bits per heavy atom. The van der Waals surface area contributed by atoms with Crippen molar-refractivity contribution < 1.29 is 4.79 Å². The second kappa shape index (κ2) is 10.3. The Labute approximate surface area is 199 Å². The average molecular weight is 456 g/mol. The summed E-state index contributed by atoms with van der Waals surface area (Å²) in [5, 5.41) is 3.84. The first-order chi connectivity index (χ1) is 16.5. The number of fused-ring (bicyclic) bond motifs is 1. The molecule has 4 aromatic rings. The number of carbonyl (C=O) groups is 1. The second-order valence-electron chi connectivity index (χ2n) is 8.12. The molecule has 0 saturated carbocycles. The van der Waals surface area contributed by atoms with Crippen LogP contribution in [-0.4, -0.2) is 33.5 Å². The van der Waals surface area contributed by atoms with E-state index in [4.69, 9.17) is 0 Å². The quantitative estimate of drug-likeness (QED) is 0.431. The van der Waals surface area contributed by atoms with E-state index in [0.29, 0.717) is 6.54 Å². The Bertz CT molecular complexity index is 1350. The summed E-state index contributed by atoms with van der Waals surface area (Å²) in [6, 6.07) is 18.8. The number of nitrogens with one attached hydrogen (secondary N) is 1. The van der Waals surface area contributed by atoms with Crippen molar-refractivity contribution >= 4 is 22.6 Å². The van der Waals surface area contributed by atoms with Crippen LogP contribution >= 0.6 is 0 Å². The highest BCUT2D eigenvalue weighted by Crippen LogP contribution is 2.24. The fraction of sp³-hybridized carbons (Fsp3) is 0.259. The van der Waals surface area contributed by atoms with Crippen LogP contribution in [-0.2, 0) is 6.54 Å². The number of pyridine rings is 1. The van der Waals surface area contributed by atoms with Crippen LogP contribution in [0.5, 0.6) is 0 Å². The number of benzene rings is 2. The molecule has 2 aromatic heterocycles. The maximum absolute atomic E-state index is 13.1. The first-order valence-corrected chi connectivity index (χ1v) is 11.6. The van der Waals surface area contributed by atoms with Gasteiger partial charge in [-0.3, -0.25) is 9.59 Å². The van der Waals surface area contributed by atoms with E-state index in [1.165, 1.54) is 0 Å². The minimum atomic E-state index is -0.395. The number of rotatable bonds is 8. The molecule has 7 heteroatoms. The zero-order valence-electron chi connectivity index (χ0n) is 19.7. The van der Waals surface area contributed by atoms with Crippen molar-refractivity contribution in [3.05, 3.63) is 100 Å². The normalized spacial score (nSPS) is 11.9. The molecule has 0 radical (unpaired) electrons. The third kappa shape index (κ3) is 4.69. The summed E-state index contributed by atoms with van der Waals surface area (Å²) in [6.45, 7) is 8.10. The lowest BCUT2D eigenvalue weighted by Gasteiger charge is -2.21. The molecule has 1 N–H and O–H groups in total. The van der Waals surface area contributed by atoms with Crippen molar-refractivity contribution in [2.24, 2.45) is 0 Å². The Morgan fingerprint density at radius 3 is 2.53 bits per heavy atom. The van der Waals surface area contributed by atoms with Crippen molar-refractivity contribution in [1.29, 1.82) is 0 Å². The predicted molar refractivity (Wildman–Crippen MR) is 135 cm³/mol. The van der Waals surface area contributed by atoms with E-state index >= 15 is 0 Å². The van der Waals surface area contributed by atoms with Gasteiger partial charge in [0.15, 0.2) is 0 Å². The van der Waals surface area contributed by atoms with Crippen molar-refractivity contribution in [2.75, 3.05) is 18.0 Å². The summed E-state index contributed by atoms with van der Waals surface area (Å²) in [6.07, 6.45) is 3.29. The molecule has 1 amide bonds. The topological polar surface area (TPSA) is 80.1 Å². The van der Waals surface area contributed by atoms with E-state index in [0.717, 1.165) is 40.9 Å². The van der Waals surface area contributed by atoms with Gasteiger partial charge in [0.05, 0.1) is 11.6 Å². The van der Waals surface area contributed by atoms with Crippen LogP contribution in [0.1, 0.15) is 48.3 Å². The molecule has 7 nitrogen and oxygen atoms in total. The molecule has 34 heavy (non-hydrogen) atoms. The molecule has 0 fully saturated rings. The van der Waals surface area contributed by atoms with Crippen LogP contribution in [0.2, 0.25) is 0 Å². The molecule has 0 spiro atoms. The minimum Gasteiger partial charge on any atom is -0.357 e. The number of nitrogens with zero attached hydrogens (tertiary/aromatic N) is 4. The van der Waals surface area contributed by atoms with Crippen LogP contribution in [0.3, 0.4) is 0 Å². The number of anilines is 1. The van der Waals surface area contributed by atoms with E-state index < -0.39 is 5.91 Å². The third-order valence-corrected chi connectivity index (χ3v) is 6.11. The monoisotopic (exact) mass is 455 g/mol. The SMILES string of the molecule is CCN(CC)c1ncnc2ccc(CNC(=O)c3cccn([C@@H](C)c4ccccc4)c3=O)cc12. The number of carbonyl (C=O) groups excluding carboxylic acids is 1. The summed E-state index contributed by atoms with van der Waals surface area (Å²) >= 11 is 0. The van der Waals surface area contributed by atoms with Gasteiger partial charge in [-0.1, -0.05) is 36.4 Å². The lowest BCUT2D eigenvalue weighted by Crippen LogP contribution is -2.33. The smallest absolute Gasteiger partial charge is 0.263 e. The number of aromatic nitrogens is 3. The highest BCUT2D eigenvalue weighted by atomic mass is 16.2. The van der Waals surface area contributed by atoms with Gasteiger partial charge in [-0.25, -0.2) is 9.97 Å². The Morgan fingerprint density at radius 2 is 1.79 bits per heavy atom. The number of hydrogen-bond donors (Lipinski definition) is 1. The van der Waals surface area contributed by atoms with Gasteiger partial charge >= 0.3 is 0 Å². The average Bonchev–Trinajstić information content (AvgIpc) is 2.88. The van der Waals surface area contributed by atoms with E-state index in [9.17, 15) is 9.59 Å². The summed E-state index contributed by atoms with van der Waals surface area (Å²) in [5.74, 6) is 0.483. The first kappa shape index (κ1) is 23.2. The molecule has 2 aromatic carbocycles. The molecular weight excluding hydrogens is 426 g/mol. The van der Waals surface area contributed by atoms with Gasteiger partial charge < -0.3 is 14.8 Å². The van der Waals surface area contributed by atoms with Gasteiger partial charge in [0.2, 0.25) is 0 Å². The highest BCUT2D eigenvalue weighted by molar-refractivity contribution is 5.94. The molecule has 0 saturated heterocycles. The van der Waals surface area contributed by atoms with Crippen LogP contribution in [0.25, 0.3) is 10.9 Å². The number of amides is 1. The van der Waals surface area contributed by atoms with Gasteiger partial charge in [-0.15, -0.1) is 0 Å². The van der Waals surface area contributed by atoms with Crippen molar-refractivity contribution in [3.8, 4) is 0 Å². The molecule has 0 aliphatic heterocycles. The molecule has 0 bridgehead atoms. The fourth-order valence-electron chi connectivity index (χ4n) is 4.13. The van der Waals surface area contributed by atoms with Crippen molar-refractivity contribution in [1.82, 2.24) is 19.9 Å². The molecular formula is C27H29N5O2. The first-order valence-electron chi connectivity index (χ1n) is 11.6. The summed E-state index contributed by atoms with van der Waals surface area (Å²) < 4.78 is 1.59. The molecule has 1 atom stereocenters. The van der Waals surface area contributed by atoms with Crippen LogP contribution in [0.4, 0.5) is 5.82 Å². The third-order valence-electron chi connectivity index (χ3n) is 6.11.